The van der Waals surface area contributed by atoms with E-state index < -0.39 is 0 Å². The summed E-state index contributed by atoms with van der Waals surface area (Å²) >= 11 is 0. The number of anilines is 1. The van der Waals surface area contributed by atoms with E-state index in [9.17, 15) is 0 Å². The van der Waals surface area contributed by atoms with Crippen LogP contribution < -0.4 is 19.7 Å². The molecule has 0 spiro atoms. The van der Waals surface area contributed by atoms with Crippen LogP contribution in [-0.2, 0) is 0 Å². The maximum atomic E-state index is 5.51. The van der Waals surface area contributed by atoms with Crippen LogP contribution in [-0.4, -0.2) is 39.9 Å². The van der Waals surface area contributed by atoms with Gasteiger partial charge in [0.1, 0.15) is 11.5 Å². The minimum Gasteiger partial charge on any atom is -0.497 e. The predicted octanol–water partition coefficient (Wildman–Crippen LogP) is 2.28. The van der Waals surface area contributed by atoms with E-state index in [1.165, 1.54) is 0 Å². The number of hydrogen-bond donors (Lipinski definition) is 1. The molecule has 2 rings (SSSR count). The van der Waals surface area contributed by atoms with E-state index in [1.807, 2.05) is 12.1 Å². The molecule has 0 aliphatic carbocycles. The normalized spacial score (nSPS) is 20.6. The molecule has 0 saturated carbocycles. The van der Waals surface area contributed by atoms with E-state index in [4.69, 9.17) is 9.47 Å². The summed E-state index contributed by atoms with van der Waals surface area (Å²) in [7, 11) is 3.42. The molecule has 1 aromatic carbocycles. The van der Waals surface area contributed by atoms with E-state index in [1.54, 1.807) is 14.2 Å². The molecular weight excluding hydrogens is 240 g/mol. The average Bonchev–Trinajstić information content (AvgIpc) is 2.43. The quantitative estimate of drug-likeness (QED) is 0.908. The maximum Gasteiger partial charge on any atom is 0.142 e. The fourth-order valence-corrected chi connectivity index (χ4v) is 2.57. The van der Waals surface area contributed by atoms with Crippen LogP contribution in [0.2, 0.25) is 0 Å². The van der Waals surface area contributed by atoms with Gasteiger partial charge in [-0.1, -0.05) is 0 Å². The molecule has 0 bridgehead atoms. The molecule has 4 nitrogen and oxygen atoms in total. The van der Waals surface area contributed by atoms with Gasteiger partial charge in [-0.3, -0.25) is 0 Å². The lowest BCUT2D eigenvalue weighted by atomic mass is 10.1. The van der Waals surface area contributed by atoms with Crippen molar-refractivity contribution in [3.05, 3.63) is 18.2 Å². The van der Waals surface area contributed by atoms with E-state index in [-0.39, 0.29) is 0 Å². The Morgan fingerprint density at radius 1 is 1.21 bits per heavy atom. The van der Waals surface area contributed by atoms with Gasteiger partial charge in [-0.15, -0.1) is 0 Å². The lowest BCUT2D eigenvalue weighted by Crippen LogP contribution is -2.40. The fraction of sp³-hybridized carbons (Fsp3) is 0.600. The third kappa shape index (κ3) is 3.32. The van der Waals surface area contributed by atoms with Crippen molar-refractivity contribution < 1.29 is 9.47 Å². The van der Waals surface area contributed by atoms with Crippen molar-refractivity contribution in [2.45, 2.75) is 25.8 Å². The molecule has 1 atom stereocenters. The molecule has 19 heavy (non-hydrogen) atoms. The van der Waals surface area contributed by atoms with Gasteiger partial charge in [0.25, 0.3) is 0 Å². The molecule has 1 unspecified atom stereocenters. The minimum absolute atomic E-state index is 0.494. The topological polar surface area (TPSA) is 33.7 Å². The first-order chi connectivity index (χ1) is 9.26. The van der Waals surface area contributed by atoms with Gasteiger partial charge in [0.15, 0.2) is 0 Å². The Kier molecular flexibility index (Phi) is 4.91. The first kappa shape index (κ1) is 14.0. The van der Waals surface area contributed by atoms with Crippen LogP contribution >= 0.6 is 0 Å². The van der Waals surface area contributed by atoms with Crippen molar-refractivity contribution in [2.24, 2.45) is 0 Å². The predicted molar refractivity (Wildman–Crippen MR) is 78.5 cm³/mol. The highest BCUT2D eigenvalue weighted by molar-refractivity contribution is 5.62. The number of nitrogens with zero attached hydrogens (tertiary/aromatic N) is 1. The van der Waals surface area contributed by atoms with Gasteiger partial charge in [0, 0.05) is 18.7 Å². The molecule has 0 amide bonds. The zero-order valence-corrected chi connectivity index (χ0v) is 12.1. The summed E-state index contributed by atoms with van der Waals surface area (Å²) in [5, 5.41) is 3.46. The number of nitrogens with one attached hydrogen (secondary N) is 1. The van der Waals surface area contributed by atoms with Gasteiger partial charge < -0.3 is 19.7 Å². The summed E-state index contributed by atoms with van der Waals surface area (Å²) in [5.41, 5.74) is 1.14. The summed E-state index contributed by atoms with van der Waals surface area (Å²) in [6, 6.07) is 6.50. The number of hydrogen-bond acceptors (Lipinski definition) is 4. The summed E-state index contributed by atoms with van der Waals surface area (Å²) in [6.07, 6.45) is 2.28. The number of rotatable bonds is 3. The summed E-state index contributed by atoms with van der Waals surface area (Å²) in [5.74, 6) is 1.80. The molecular formula is C15H24N2O2. The molecule has 1 N–H and O–H groups in total. The van der Waals surface area contributed by atoms with E-state index >= 15 is 0 Å². The second-order valence-electron chi connectivity index (χ2n) is 4.97. The van der Waals surface area contributed by atoms with E-state index in [2.05, 4.69) is 23.2 Å². The van der Waals surface area contributed by atoms with Crippen LogP contribution in [0.15, 0.2) is 18.2 Å². The molecule has 1 saturated heterocycles. The largest absolute Gasteiger partial charge is 0.497 e. The van der Waals surface area contributed by atoms with Gasteiger partial charge in [-0.2, -0.15) is 0 Å². The zero-order chi connectivity index (χ0) is 13.7. The molecule has 1 aliphatic rings. The zero-order valence-electron chi connectivity index (χ0n) is 12.1. The first-order valence-electron chi connectivity index (χ1n) is 6.95. The minimum atomic E-state index is 0.494. The summed E-state index contributed by atoms with van der Waals surface area (Å²) in [4.78, 5) is 2.43. The second-order valence-corrected chi connectivity index (χ2v) is 4.97. The van der Waals surface area contributed by atoms with Crippen LogP contribution in [0.4, 0.5) is 5.69 Å². The van der Waals surface area contributed by atoms with Crippen LogP contribution in [0.3, 0.4) is 0 Å². The molecule has 1 aliphatic heterocycles. The van der Waals surface area contributed by atoms with Gasteiger partial charge in [-0.05, 0) is 45.0 Å². The third-order valence-corrected chi connectivity index (χ3v) is 3.72. The lowest BCUT2D eigenvalue weighted by molar-refractivity contribution is 0.399. The van der Waals surface area contributed by atoms with Gasteiger partial charge in [-0.25, -0.2) is 0 Å². The Balaban J connectivity index is 2.30. The van der Waals surface area contributed by atoms with Crippen molar-refractivity contribution in [3.8, 4) is 11.5 Å². The van der Waals surface area contributed by atoms with Crippen LogP contribution in [0.1, 0.15) is 19.8 Å². The highest BCUT2D eigenvalue weighted by atomic mass is 16.5. The third-order valence-electron chi connectivity index (χ3n) is 3.72. The standard InChI is InChI=1S/C15H24N2O2/c1-12-7-9-16-8-4-10-17(12)14-11-13(18-2)5-6-15(14)19-3/h5-6,11-12,16H,4,7-10H2,1-3H3. The van der Waals surface area contributed by atoms with Gasteiger partial charge >= 0.3 is 0 Å². The molecule has 0 aromatic heterocycles. The fourth-order valence-electron chi connectivity index (χ4n) is 2.57. The van der Waals surface area contributed by atoms with Crippen molar-refractivity contribution in [2.75, 3.05) is 38.8 Å². The van der Waals surface area contributed by atoms with Crippen LogP contribution in [0, 0.1) is 0 Å². The van der Waals surface area contributed by atoms with Crippen molar-refractivity contribution in [3.63, 3.8) is 0 Å². The first-order valence-corrected chi connectivity index (χ1v) is 6.95. The molecule has 1 aromatic rings. The van der Waals surface area contributed by atoms with E-state index in [0.717, 1.165) is 49.7 Å². The Bertz CT molecular complexity index is 409. The van der Waals surface area contributed by atoms with Crippen molar-refractivity contribution in [1.29, 1.82) is 0 Å². The Morgan fingerprint density at radius 2 is 2.05 bits per heavy atom. The van der Waals surface area contributed by atoms with E-state index in [0.29, 0.717) is 6.04 Å². The summed E-state index contributed by atoms with van der Waals surface area (Å²) in [6.45, 7) is 5.46. The molecule has 1 heterocycles. The second kappa shape index (κ2) is 6.66. The van der Waals surface area contributed by atoms with Crippen LogP contribution in [0.25, 0.3) is 0 Å². The smallest absolute Gasteiger partial charge is 0.142 e. The monoisotopic (exact) mass is 264 g/mol. The lowest BCUT2D eigenvalue weighted by Gasteiger charge is -2.34. The van der Waals surface area contributed by atoms with Crippen molar-refractivity contribution in [1.82, 2.24) is 5.32 Å². The van der Waals surface area contributed by atoms with Gasteiger partial charge in [0.05, 0.1) is 19.9 Å². The molecule has 1 fully saturated rings. The van der Waals surface area contributed by atoms with Crippen LogP contribution in [0.5, 0.6) is 11.5 Å². The maximum absolute atomic E-state index is 5.51. The SMILES string of the molecule is COc1ccc(OC)c(N2CCCNCCC2C)c1. The number of benzene rings is 1. The Labute approximate surface area is 115 Å². The number of methoxy groups -OCH3 is 2. The highest BCUT2D eigenvalue weighted by Crippen LogP contribution is 2.34. The van der Waals surface area contributed by atoms with Crippen molar-refractivity contribution >= 4 is 5.69 Å². The molecule has 106 valence electrons. The molecule has 4 heteroatoms. The molecule has 0 radical (unpaired) electrons. The number of ether oxygens (including phenoxy) is 2. The Hall–Kier alpha value is -1.42. The van der Waals surface area contributed by atoms with Gasteiger partial charge in [0.2, 0.25) is 0 Å². The average molecular weight is 264 g/mol. The highest BCUT2D eigenvalue weighted by Gasteiger charge is 2.20. The summed E-state index contributed by atoms with van der Waals surface area (Å²) < 4.78 is 10.8. The Morgan fingerprint density at radius 3 is 2.79 bits per heavy atom.